The lowest BCUT2D eigenvalue weighted by Crippen LogP contribution is -2.56. The Morgan fingerprint density at radius 1 is 1.28 bits per heavy atom. The Morgan fingerprint density at radius 3 is 2.76 bits per heavy atom. The number of aliphatic hydroxyl groups is 1. The van der Waals surface area contributed by atoms with Crippen molar-refractivity contribution in [1.29, 1.82) is 0 Å². The highest BCUT2D eigenvalue weighted by atomic mass is 16.3. The van der Waals surface area contributed by atoms with Crippen LogP contribution in [0.15, 0.2) is 23.8 Å². The van der Waals surface area contributed by atoms with Crippen molar-refractivity contribution >= 4 is 17.9 Å². The summed E-state index contributed by atoms with van der Waals surface area (Å²) in [7, 11) is 0. The third-order valence-electron chi connectivity index (χ3n) is 7.95. The molecule has 0 aromatic rings. The summed E-state index contributed by atoms with van der Waals surface area (Å²) in [4.78, 5) is 35.0. The van der Waals surface area contributed by atoms with E-state index in [9.17, 15) is 19.5 Å². The molecule has 0 heterocycles. The summed E-state index contributed by atoms with van der Waals surface area (Å²) in [5, 5.41) is 11.1. The van der Waals surface area contributed by atoms with Gasteiger partial charge < -0.3 is 5.11 Å². The van der Waals surface area contributed by atoms with Gasteiger partial charge in [0.05, 0.1) is 6.10 Å². The van der Waals surface area contributed by atoms with Crippen molar-refractivity contribution in [1.82, 2.24) is 0 Å². The van der Waals surface area contributed by atoms with Crippen LogP contribution in [-0.2, 0) is 14.4 Å². The minimum Gasteiger partial charge on any atom is -0.393 e. The molecule has 3 fully saturated rings. The van der Waals surface area contributed by atoms with Crippen molar-refractivity contribution in [3.8, 4) is 0 Å². The highest BCUT2D eigenvalue weighted by molar-refractivity contribution is 6.26. The molecule has 4 nitrogen and oxygen atoms in total. The van der Waals surface area contributed by atoms with Gasteiger partial charge >= 0.3 is 0 Å². The molecule has 0 spiro atoms. The van der Waals surface area contributed by atoms with Crippen LogP contribution in [0.2, 0.25) is 0 Å². The van der Waals surface area contributed by atoms with Gasteiger partial charge in [-0.15, -0.1) is 0 Å². The van der Waals surface area contributed by atoms with Gasteiger partial charge in [-0.25, -0.2) is 0 Å². The molecule has 0 radical (unpaired) electrons. The number of aliphatic hydroxyl groups excluding tert-OH is 1. The maximum absolute atomic E-state index is 12.2. The molecule has 4 rings (SSSR count). The van der Waals surface area contributed by atoms with E-state index >= 15 is 0 Å². The zero-order valence-electron chi connectivity index (χ0n) is 14.9. The van der Waals surface area contributed by atoms with Crippen LogP contribution >= 0.6 is 0 Å². The monoisotopic (exact) mass is 342 g/mol. The van der Waals surface area contributed by atoms with E-state index in [1.807, 2.05) is 6.08 Å². The largest absolute Gasteiger partial charge is 0.393 e. The number of aldehydes is 1. The molecule has 134 valence electrons. The van der Waals surface area contributed by atoms with Crippen LogP contribution < -0.4 is 0 Å². The minimum absolute atomic E-state index is 0.0403. The molecular formula is C21H26O4. The van der Waals surface area contributed by atoms with E-state index in [4.69, 9.17) is 0 Å². The second-order valence-electron chi connectivity index (χ2n) is 8.95. The molecular weight excluding hydrogens is 316 g/mol. The first-order valence-corrected chi connectivity index (χ1v) is 9.42. The first-order valence-electron chi connectivity index (χ1n) is 9.42. The van der Waals surface area contributed by atoms with E-state index in [2.05, 4.69) is 13.8 Å². The minimum atomic E-state index is -0.516. The van der Waals surface area contributed by atoms with Gasteiger partial charge in [0.15, 0.2) is 17.9 Å². The Balaban J connectivity index is 1.72. The Morgan fingerprint density at radius 2 is 2.04 bits per heavy atom. The summed E-state index contributed by atoms with van der Waals surface area (Å²) in [6, 6.07) is 0. The molecule has 4 aliphatic carbocycles. The fourth-order valence-electron chi connectivity index (χ4n) is 6.88. The number of carbonyl (C=O) groups excluding carboxylic acids is 3. The standard InChI is InChI=1S/C21H26O4/c1-20-8-7-13(23)9-12(20)3-4-14-15-5-6-16(18(25)11-22)21(15,2)10-17(24)19(14)20/h7-9,11,14-17,19,24H,3-6,10H2,1-2H3/t14-,15-,16+,17-,19+,20-,21-/m0/s1. The van der Waals surface area contributed by atoms with Crippen molar-refractivity contribution in [2.45, 2.75) is 52.1 Å². The number of carbonyl (C=O) groups is 3. The van der Waals surface area contributed by atoms with E-state index in [0.717, 1.165) is 31.3 Å². The number of ketones is 2. The number of fused-ring (bicyclic) bond motifs is 5. The zero-order valence-corrected chi connectivity index (χ0v) is 14.9. The van der Waals surface area contributed by atoms with Crippen LogP contribution in [0.1, 0.15) is 46.0 Å². The van der Waals surface area contributed by atoms with Crippen molar-refractivity contribution in [2.75, 3.05) is 0 Å². The van der Waals surface area contributed by atoms with E-state index < -0.39 is 6.10 Å². The number of hydrogen-bond donors (Lipinski definition) is 1. The van der Waals surface area contributed by atoms with E-state index in [1.54, 1.807) is 12.2 Å². The van der Waals surface area contributed by atoms with Crippen LogP contribution in [0.4, 0.5) is 0 Å². The van der Waals surface area contributed by atoms with Gasteiger partial charge in [0, 0.05) is 17.3 Å². The molecule has 0 saturated heterocycles. The predicted molar refractivity (Wildman–Crippen MR) is 92.6 cm³/mol. The summed E-state index contributed by atoms with van der Waals surface area (Å²) in [5.74, 6) is 0.260. The first kappa shape index (κ1) is 16.9. The first-order chi connectivity index (χ1) is 11.8. The van der Waals surface area contributed by atoms with Crippen molar-refractivity contribution in [3.63, 3.8) is 0 Å². The lowest BCUT2D eigenvalue weighted by Gasteiger charge is -2.58. The average molecular weight is 342 g/mol. The second kappa shape index (κ2) is 5.47. The van der Waals surface area contributed by atoms with Gasteiger partial charge in [-0.2, -0.15) is 0 Å². The highest BCUT2D eigenvalue weighted by Gasteiger charge is 2.62. The third-order valence-corrected chi connectivity index (χ3v) is 7.95. The molecule has 4 aliphatic rings. The van der Waals surface area contributed by atoms with Gasteiger partial charge in [0.2, 0.25) is 0 Å². The van der Waals surface area contributed by atoms with E-state index in [1.165, 1.54) is 0 Å². The number of allylic oxidation sites excluding steroid dienone is 4. The lowest BCUT2D eigenvalue weighted by molar-refractivity contribution is -0.143. The van der Waals surface area contributed by atoms with Crippen LogP contribution in [0.5, 0.6) is 0 Å². The molecule has 1 N–H and O–H groups in total. The van der Waals surface area contributed by atoms with Gasteiger partial charge in [-0.05, 0) is 61.5 Å². The normalized spacial score (nSPS) is 48.2. The fourth-order valence-corrected chi connectivity index (χ4v) is 6.88. The summed E-state index contributed by atoms with van der Waals surface area (Å²) in [5.41, 5.74) is 0.580. The molecule has 0 amide bonds. The average Bonchev–Trinajstić information content (AvgIpc) is 2.91. The van der Waals surface area contributed by atoms with Crippen molar-refractivity contribution in [3.05, 3.63) is 23.8 Å². The van der Waals surface area contributed by atoms with Gasteiger partial charge in [-0.1, -0.05) is 25.5 Å². The van der Waals surface area contributed by atoms with Gasteiger partial charge in [0.25, 0.3) is 0 Å². The molecule has 0 aromatic heterocycles. The van der Waals surface area contributed by atoms with Crippen LogP contribution in [0, 0.1) is 34.5 Å². The number of Topliss-reactive ketones (excluding diaryl/α,β-unsaturated/α-hetero) is 1. The van der Waals surface area contributed by atoms with Crippen LogP contribution in [0.25, 0.3) is 0 Å². The number of hydrogen-bond acceptors (Lipinski definition) is 4. The third kappa shape index (κ3) is 2.19. The number of rotatable bonds is 2. The van der Waals surface area contributed by atoms with Crippen molar-refractivity contribution in [2.24, 2.45) is 34.5 Å². The quantitative estimate of drug-likeness (QED) is 0.619. The fraction of sp³-hybridized carbons (Fsp3) is 0.667. The maximum atomic E-state index is 12.2. The molecule has 0 aliphatic heterocycles. The summed E-state index contributed by atoms with van der Waals surface area (Å²) < 4.78 is 0. The zero-order chi connectivity index (χ0) is 18.0. The lowest BCUT2D eigenvalue weighted by atomic mass is 9.46. The SMILES string of the molecule is C[C@]12C[C@H](O)[C@H]3[C@@H](CCC4=CC(=O)C=C[C@@]43C)[C@@H]1CC[C@@H]2C(=O)C=O. The maximum Gasteiger partial charge on any atom is 0.198 e. The predicted octanol–water partition coefficient (Wildman–Crippen LogP) is 2.65. The van der Waals surface area contributed by atoms with E-state index in [-0.39, 0.29) is 34.2 Å². The molecule has 0 aromatic carbocycles. The Kier molecular flexibility index (Phi) is 3.70. The van der Waals surface area contributed by atoms with Crippen LogP contribution in [0.3, 0.4) is 0 Å². The van der Waals surface area contributed by atoms with Crippen LogP contribution in [-0.4, -0.2) is 29.1 Å². The highest BCUT2D eigenvalue weighted by Crippen LogP contribution is 2.65. The van der Waals surface area contributed by atoms with Gasteiger partial charge in [0.1, 0.15) is 0 Å². The topological polar surface area (TPSA) is 71.4 Å². The molecule has 0 unspecified atom stereocenters. The Labute approximate surface area is 148 Å². The molecule has 4 heteroatoms. The Hall–Kier alpha value is -1.55. The summed E-state index contributed by atoms with van der Waals surface area (Å²) in [6.45, 7) is 4.25. The summed E-state index contributed by atoms with van der Waals surface area (Å²) >= 11 is 0. The second-order valence-corrected chi connectivity index (χ2v) is 8.95. The molecule has 0 bridgehead atoms. The molecule has 3 saturated carbocycles. The summed E-state index contributed by atoms with van der Waals surface area (Å²) in [6.07, 6.45) is 9.43. The molecule has 7 atom stereocenters. The molecule has 25 heavy (non-hydrogen) atoms. The smallest absolute Gasteiger partial charge is 0.198 e. The Bertz CT molecular complexity index is 705. The van der Waals surface area contributed by atoms with Gasteiger partial charge in [-0.3, -0.25) is 14.4 Å². The van der Waals surface area contributed by atoms with E-state index in [0.29, 0.717) is 24.5 Å². The van der Waals surface area contributed by atoms with Crippen molar-refractivity contribution < 1.29 is 19.5 Å².